The van der Waals surface area contributed by atoms with E-state index in [1.165, 1.54) is 23.1 Å². The number of aryl methyl sites for hydroxylation is 2. The van der Waals surface area contributed by atoms with E-state index in [9.17, 15) is 9.59 Å². The molecule has 5 nitrogen and oxygen atoms in total. The molecule has 1 aliphatic heterocycles. The van der Waals surface area contributed by atoms with Crippen molar-refractivity contribution in [2.75, 3.05) is 20.1 Å². The number of carbonyl (C=O) groups is 2. The Morgan fingerprint density at radius 1 is 0.800 bits per heavy atom. The second kappa shape index (κ2) is 11.3. The van der Waals surface area contributed by atoms with Gasteiger partial charge in [0.25, 0.3) is 0 Å². The number of likely N-dealkylation sites (N-methyl/N-ethyl adjacent to an activating group) is 1. The van der Waals surface area contributed by atoms with Gasteiger partial charge in [0.05, 0.1) is 16.1 Å². The Hall–Kier alpha value is -3.93. The average molecular weight is 552 g/mol. The van der Waals surface area contributed by atoms with Crippen LogP contribution in [0.5, 0.6) is 11.5 Å². The van der Waals surface area contributed by atoms with Crippen molar-refractivity contribution in [3.63, 3.8) is 0 Å². The van der Waals surface area contributed by atoms with Gasteiger partial charge in [-0.25, -0.2) is 9.59 Å². The van der Waals surface area contributed by atoms with Crippen LogP contribution >= 0.6 is 11.6 Å². The molecule has 6 rings (SSSR count). The number of benzene rings is 4. The van der Waals surface area contributed by atoms with Crippen LogP contribution in [-0.4, -0.2) is 37.0 Å². The highest BCUT2D eigenvalue weighted by molar-refractivity contribution is 6.33. The van der Waals surface area contributed by atoms with E-state index in [0.29, 0.717) is 22.6 Å². The highest BCUT2D eigenvalue weighted by atomic mass is 35.5. The van der Waals surface area contributed by atoms with Crippen LogP contribution in [0, 0.1) is 0 Å². The highest BCUT2D eigenvalue weighted by Gasteiger charge is 2.31. The molecule has 40 heavy (non-hydrogen) atoms. The maximum Gasteiger partial charge on any atom is 0.343 e. The minimum Gasteiger partial charge on any atom is -0.419 e. The summed E-state index contributed by atoms with van der Waals surface area (Å²) in [7, 11) is 2.10. The van der Waals surface area contributed by atoms with Crippen LogP contribution in [0.3, 0.4) is 0 Å². The predicted molar refractivity (Wildman–Crippen MR) is 156 cm³/mol. The molecule has 4 aromatic carbocycles. The number of rotatable bonds is 5. The maximum atomic E-state index is 13.2. The SMILES string of the molecule is CN1CCc2c(cc(OC(=O)c3ccccc3)c(OC(=O)c3ccccc3)c2Cl)C(c2ccc3c(c2)CCC3)C1. The minimum absolute atomic E-state index is 0.0129. The molecule has 1 heterocycles. The van der Waals surface area contributed by atoms with Gasteiger partial charge in [0, 0.05) is 19.0 Å². The molecular formula is C34H30ClNO4. The summed E-state index contributed by atoms with van der Waals surface area (Å²) in [5.74, 6) is -0.902. The van der Waals surface area contributed by atoms with Crippen LogP contribution in [0.25, 0.3) is 0 Å². The molecule has 1 unspecified atom stereocenters. The van der Waals surface area contributed by atoms with E-state index in [1.54, 1.807) is 48.5 Å². The fraction of sp³-hybridized carbons (Fsp3) is 0.235. The standard InChI is InChI=1S/C34H30ClNO4/c1-36-18-17-27-28(29(21-36)26-16-15-22-13-8-14-25(22)19-26)20-30(39-33(37)23-9-4-2-5-10-23)32(31(27)35)40-34(38)24-11-6-3-7-12-24/h2-7,9-12,15-16,19-20,29H,8,13-14,17-18,21H2,1H3. The zero-order valence-electron chi connectivity index (χ0n) is 22.4. The van der Waals surface area contributed by atoms with Crippen molar-refractivity contribution in [1.82, 2.24) is 4.90 Å². The van der Waals surface area contributed by atoms with Crippen molar-refractivity contribution in [3.05, 3.63) is 129 Å². The molecule has 1 atom stereocenters. The Balaban J connectivity index is 1.47. The third-order valence-electron chi connectivity index (χ3n) is 7.88. The Kier molecular flexibility index (Phi) is 7.42. The number of fused-ring (bicyclic) bond motifs is 2. The first kappa shape index (κ1) is 26.3. The number of hydrogen-bond acceptors (Lipinski definition) is 5. The average Bonchev–Trinajstić information content (AvgIpc) is 3.39. The molecule has 0 bridgehead atoms. The number of halogens is 1. The maximum absolute atomic E-state index is 13.2. The second-order valence-electron chi connectivity index (χ2n) is 10.5. The smallest absolute Gasteiger partial charge is 0.343 e. The first-order chi connectivity index (χ1) is 19.5. The first-order valence-electron chi connectivity index (χ1n) is 13.7. The van der Waals surface area contributed by atoms with E-state index in [1.807, 2.05) is 18.2 Å². The topological polar surface area (TPSA) is 55.8 Å². The van der Waals surface area contributed by atoms with Crippen molar-refractivity contribution in [2.45, 2.75) is 31.6 Å². The lowest BCUT2D eigenvalue weighted by atomic mass is 9.86. The van der Waals surface area contributed by atoms with Gasteiger partial charge < -0.3 is 14.4 Å². The summed E-state index contributed by atoms with van der Waals surface area (Å²) < 4.78 is 11.8. The Morgan fingerprint density at radius 3 is 2.15 bits per heavy atom. The van der Waals surface area contributed by atoms with Crippen LogP contribution in [0.1, 0.15) is 60.9 Å². The van der Waals surface area contributed by atoms with E-state index in [2.05, 4.69) is 30.1 Å². The van der Waals surface area contributed by atoms with Crippen molar-refractivity contribution in [1.29, 1.82) is 0 Å². The van der Waals surface area contributed by atoms with E-state index >= 15 is 0 Å². The number of ether oxygens (including phenoxy) is 2. The van der Waals surface area contributed by atoms with Crippen LogP contribution in [0.15, 0.2) is 84.9 Å². The molecule has 0 N–H and O–H groups in total. The Labute approximate surface area is 239 Å². The van der Waals surface area contributed by atoms with Gasteiger partial charge in [-0.3, -0.25) is 0 Å². The van der Waals surface area contributed by atoms with Crippen molar-refractivity contribution >= 4 is 23.5 Å². The van der Waals surface area contributed by atoms with Gasteiger partial charge in [-0.2, -0.15) is 0 Å². The lowest BCUT2D eigenvalue weighted by Gasteiger charge is -2.24. The van der Waals surface area contributed by atoms with E-state index in [4.69, 9.17) is 21.1 Å². The van der Waals surface area contributed by atoms with Crippen LogP contribution in [0.4, 0.5) is 0 Å². The molecule has 0 saturated heterocycles. The number of carbonyl (C=O) groups excluding carboxylic acids is 2. The van der Waals surface area contributed by atoms with Gasteiger partial charge in [0.1, 0.15) is 0 Å². The van der Waals surface area contributed by atoms with Crippen molar-refractivity contribution < 1.29 is 19.1 Å². The monoisotopic (exact) mass is 551 g/mol. The molecule has 2 aliphatic rings. The molecule has 6 heteroatoms. The number of esters is 2. The molecular weight excluding hydrogens is 522 g/mol. The van der Waals surface area contributed by atoms with Gasteiger partial charge >= 0.3 is 11.9 Å². The minimum atomic E-state index is -0.569. The van der Waals surface area contributed by atoms with E-state index < -0.39 is 11.9 Å². The molecule has 0 aromatic heterocycles. The van der Waals surface area contributed by atoms with Gasteiger partial charge in [0.15, 0.2) is 11.5 Å². The summed E-state index contributed by atoms with van der Waals surface area (Å²) in [4.78, 5) is 28.6. The molecule has 4 aromatic rings. The molecule has 202 valence electrons. The highest BCUT2D eigenvalue weighted by Crippen LogP contribution is 2.46. The summed E-state index contributed by atoms with van der Waals surface area (Å²) in [6.45, 7) is 1.58. The first-order valence-corrected chi connectivity index (χ1v) is 14.1. The zero-order chi connectivity index (χ0) is 27.6. The third-order valence-corrected chi connectivity index (χ3v) is 8.28. The summed E-state index contributed by atoms with van der Waals surface area (Å²) in [6.07, 6.45) is 4.07. The molecule has 0 radical (unpaired) electrons. The van der Waals surface area contributed by atoms with Crippen molar-refractivity contribution in [3.8, 4) is 11.5 Å². The normalized spacial score (nSPS) is 16.5. The lowest BCUT2D eigenvalue weighted by molar-refractivity contribution is 0.0682. The van der Waals surface area contributed by atoms with Crippen LogP contribution < -0.4 is 9.47 Å². The Morgan fingerprint density at radius 2 is 1.45 bits per heavy atom. The number of nitrogens with zero attached hydrogens (tertiary/aromatic N) is 1. The van der Waals surface area contributed by atoms with Crippen molar-refractivity contribution in [2.24, 2.45) is 0 Å². The lowest BCUT2D eigenvalue weighted by Crippen LogP contribution is -2.24. The van der Waals surface area contributed by atoms with Crippen LogP contribution in [-0.2, 0) is 19.3 Å². The summed E-state index contributed by atoms with van der Waals surface area (Å²) in [5.41, 5.74) is 6.70. The summed E-state index contributed by atoms with van der Waals surface area (Å²) in [5, 5.41) is 0.305. The largest absolute Gasteiger partial charge is 0.419 e. The molecule has 0 fully saturated rings. The van der Waals surface area contributed by atoms with Gasteiger partial charge in [-0.05, 0) is 90.9 Å². The molecule has 0 amide bonds. The predicted octanol–water partition coefficient (Wildman–Crippen LogP) is 6.89. The summed E-state index contributed by atoms with van der Waals surface area (Å²) >= 11 is 7.07. The van der Waals surface area contributed by atoms with Gasteiger partial charge in [-0.15, -0.1) is 0 Å². The Bertz CT molecular complexity index is 1570. The fourth-order valence-electron chi connectivity index (χ4n) is 5.76. The molecule has 0 saturated carbocycles. The fourth-order valence-corrected chi connectivity index (χ4v) is 6.09. The quantitative estimate of drug-likeness (QED) is 0.200. The molecule has 0 spiro atoms. The van der Waals surface area contributed by atoms with Crippen LogP contribution in [0.2, 0.25) is 5.02 Å². The third kappa shape index (κ3) is 5.27. The zero-order valence-corrected chi connectivity index (χ0v) is 23.1. The van der Waals surface area contributed by atoms with Gasteiger partial charge in [0.2, 0.25) is 0 Å². The molecule has 1 aliphatic carbocycles. The van der Waals surface area contributed by atoms with E-state index in [0.717, 1.165) is 37.1 Å². The van der Waals surface area contributed by atoms with E-state index in [-0.39, 0.29) is 17.4 Å². The summed E-state index contributed by atoms with van der Waals surface area (Å²) in [6, 6.07) is 26.1. The number of hydrogen-bond donors (Lipinski definition) is 0. The second-order valence-corrected chi connectivity index (χ2v) is 10.9. The van der Waals surface area contributed by atoms with Gasteiger partial charge in [-0.1, -0.05) is 66.2 Å².